The highest BCUT2D eigenvalue weighted by Crippen LogP contribution is 2.69. The van der Waals surface area contributed by atoms with Crippen molar-refractivity contribution in [3.8, 4) is 22.3 Å². The summed E-state index contributed by atoms with van der Waals surface area (Å²) in [4.78, 5) is 27.5. The molecule has 0 heterocycles. The van der Waals surface area contributed by atoms with E-state index in [-0.39, 0.29) is 32.8 Å². The van der Waals surface area contributed by atoms with E-state index < -0.39 is 38.6 Å². The fraction of sp³-hybridized carbons (Fsp3) is 0.282. The minimum atomic E-state index is -4.31. The van der Waals surface area contributed by atoms with E-state index in [0.717, 1.165) is 33.4 Å². The summed E-state index contributed by atoms with van der Waals surface area (Å²) in [7, 11) is -8.62. The van der Waals surface area contributed by atoms with Gasteiger partial charge in [-0.05, 0) is 67.2 Å². The van der Waals surface area contributed by atoms with Gasteiger partial charge < -0.3 is 28.7 Å². The lowest BCUT2D eigenvalue weighted by molar-refractivity contribution is -0.127. The lowest BCUT2D eigenvalue weighted by atomic mass is 10.00. The van der Waals surface area contributed by atoms with Crippen LogP contribution in [0, 0.1) is 0 Å². The summed E-state index contributed by atoms with van der Waals surface area (Å²) in [6.07, 6.45) is 3.04. The van der Waals surface area contributed by atoms with E-state index in [0.29, 0.717) is 0 Å². The number of carbonyl (C=O) groups excluding carboxylic acids is 2. The fourth-order valence-electron chi connectivity index (χ4n) is 5.35. The van der Waals surface area contributed by atoms with E-state index in [2.05, 4.69) is 10.6 Å². The van der Waals surface area contributed by atoms with E-state index in [4.69, 9.17) is 18.1 Å². The van der Waals surface area contributed by atoms with Gasteiger partial charge in [-0.25, -0.2) is 0 Å². The Balaban J connectivity index is 1.63. The van der Waals surface area contributed by atoms with Gasteiger partial charge >= 0.3 is 15.2 Å². The first-order chi connectivity index (χ1) is 24.6. The molecule has 0 aromatic heterocycles. The number of carbonyl (C=O) groups is 2. The highest BCUT2D eigenvalue weighted by molar-refractivity contribution is 7.72. The SMILES string of the molecule is CCOP(=O)(OCC)C(NC(=O)[C@H](Cc1ccc(-c2ccccc2)cc1)NC(=O)/C=C/c1ccc(-c2ccccc2)cc1)P(=O)(OCC)OCC. The number of amides is 2. The van der Waals surface area contributed by atoms with Gasteiger partial charge in [-0.1, -0.05) is 109 Å². The average molecular weight is 733 g/mol. The van der Waals surface area contributed by atoms with Crippen LogP contribution in [-0.2, 0) is 43.2 Å². The van der Waals surface area contributed by atoms with Crippen molar-refractivity contribution in [1.82, 2.24) is 10.6 Å². The molecule has 0 saturated carbocycles. The van der Waals surface area contributed by atoms with Crippen LogP contribution in [0.2, 0.25) is 0 Å². The lowest BCUT2D eigenvalue weighted by Gasteiger charge is -2.32. The third kappa shape index (κ3) is 11.2. The molecule has 270 valence electrons. The minimum absolute atomic E-state index is 0.0557. The largest absolute Gasteiger partial charge is 0.365 e. The summed E-state index contributed by atoms with van der Waals surface area (Å²) >= 11 is 0. The molecule has 2 amide bonds. The Morgan fingerprint density at radius 1 is 0.588 bits per heavy atom. The van der Waals surface area contributed by atoms with Gasteiger partial charge in [-0.3, -0.25) is 18.7 Å². The highest BCUT2D eigenvalue weighted by atomic mass is 31.2. The molecule has 0 aliphatic carbocycles. The summed E-state index contributed by atoms with van der Waals surface area (Å²) in [6.45, 7) is 6.14. The van der Waals surface area contributed by atoms with Crippen LogP contribution in [-0.4, -0.2) is 49.8 Å². The number of hydrogen-bond acceptors (Lipinski definition) is 8. The normalized spacial score (nSPS) is 12.6. The van der Waals surface area contributed by atoms with Gasteiger partial charge in [0, 0.05) is 12.5 Å². The zero-order chi connectivity index (χ0) is 36.7. The quantitative estimate of drug-likeness (QED) is 0.0724. The molecule has 4 aromatic carbocycles. The Kier molecular flexibility index (Phi) is 15.1. The second kappa shape index (κ2) is 19.5. The fourth-order valence-corrected chi connectivity index (χ4v) is 10.3. The zero-order valence-electron chi connectivity index (χ0n) is 29.4. The molecule has 2 N–H and O–H groups in total. The van der Waals surface area contributed by atoms with Crippen LogP contribution in [0.3, 0.4) is 0 Å². The Hall–Kier alpha value is -4.14. The maximum atomic E-state index is 14.1. The van der Waals surface area contributed by atoms with Gasteiger partial charge in [0.1, 0.15) is 6.04 Å². The van der Waals surface area contributed by atoms with Crippen molar-refractivity contribution in [2.75, 3.05) is 26.4 Å². The molecule has 12 heteroatoms. The van der Waals surface area contributed by atoms with Gasteiger partial charge in [0.25, 0.3) is 0 Å². The maximum absolute atomic E-state index is 14.1. The molecule has 0 bridgehead atoms. The molecule has 0 aliphatic heterocycles. The van der Waals surface area contributed by atoms with Crippen molar-refractivity contribution in [2.45, 2.75) is 45.7 Å². The predicted molar refractivity (Wildman–Crippen MR) is 202 cm³/mol. The molecule has 0 saturated heterocycles. The van der Waals surface area contributed by atoms with Crippen molar-refractivity contribution in [2.24, 2.45) is 0 Å². The van der Waals surface area contributed by atoms with Gasteiger partial charge in [0.15, 0.2) is 0 Å². The number of rotatable bonds is 19. The van der Waals surface area contributed by atoms with Crippen LogP contribution in [0.5, 0.6) is 0 Å². The first-order valence-corrected chi connectivity index (χ1v) is 20.2. The summed E-state index contributed by atoms with van der Waals surface area (Å²) < 4.78 is 50.3. The van der Waals surface area contributed by atoms with Gasteiger partial charge in [-0.2, -0.15) is 0 Å². The highest BCUT2D eigenvalue weighted by Gasteiger charge is 2.52. The summed E-state index contributed by atoms with van der Waals surface area (Å²) in [5.41, 5.74) is 3.85. The van der Waals surface area contributed by atoms with Crippen molar-refractivity contribution in [3.63, 3.8) is 0 Å². The second-order valence-corrected chi connectivity index (χ2v) is 15.9. The summed E-state index contributed by atoms with van der Waals surface area (Å²) in [5.74, 6) is -1.32. The summed E-state index contributed by atoms with van der Waals surface area (Å²) in [5, 5.41) is 5.37. The molecule has 0 radical (unpaired) electrons. The number of benzene rings is 4. The first-order valence-electron chi connectivity index (χ1n) is 17.0. The molecule has 51 heavy (non-hydrogen) atoms. The second-order valence-electron chi connectivity index (χ2n) is 11.3. The van der Waals surface area contributed by atoms with Crippen molar-refractivity contribution < 1.29 is 36.8 Å². The smallest absolute Gasteiger partial charge is 0.340 e. The zero-order valence-corrected chi connectivity index (χ0v) is 31.2. The molecule has 1 atom stereocenters. The standard InChI is InChI=1S/C39H46N2O8P2/c1-5-46-50(44,47-6-2)39(51(45,48-7-3)49-8-4)41-38(43)36(29-31-21-26-35(27-22-31)33-17-13-10-14-18-33)40-37(42)28-23-30-19-24-34(25-20-30)32-15-11-9-12-16-32/h9-28,36,39H,5-8,29H2,1-4H3,(H,40,42)(H,41,43)/b28-23+/t36-/m0/s1. The molecule has 4 rings (SSSR count). The third-order valence-electron chi connectivity index (χ3n) is 7.69. The average Bonchev–Trinajstić information content (AvgIpc) is 3.14. The van der Waals surface area contributed by atoms with Crippen LogP contribution in [0.25, 0.3) is 28.3 Å². The Morgan fingerprint density at radius 3 is 1.43 bits per heavy atom. The summed E-state index contributed by atoms with van der Waals surface area (Å²) in [6, 6.07) is 33.9. The first kappa shape index (κ1) is 39.6. The molecular weight excluding hydrogens is 686 g/mol. The maximum Gasteiger partial charge on any atom is 0.365 e. The van der Waals surface area contributed by atoms with Crippen molar-refractivity contribution in [3.05, 3.63) is 126 Å². The van der Waals surface area contributed by atoms with Crippen LogP contribution in [0.4, 0.5) is 0 Å². The van der Waals surface area contributed by atoms with Crippen LogP contribution in [0.15, 0.2) is 115 Å². The Labute approximate surface area is 300 Å². The van der Waals surface area contributed by atoms with E-state index in [1.54, 1.807) is 33.8 Å². The van der Waals surface area contributed by atoms with Crippen LogP contribution < -0.4 is 10.6 Å². The monoisotopic (exact) mass is 732 g/mol. The number of nitrogens with one attached hydrogen (secondary N) is 2. The van der Waals surface area contributed by atoms with Crippen LogP contribution in [0.1, 0.15) is 38.8 Å². The Bertz CT molecular complexity index is 1770. The minimum Gasteiger partial charge on any atom is -0.340 e. The molecule has 0 spiro atoms. The predicted octanol–water partition coefficient (Wildman–Crippen LogP) is 8.69. The van der Waals surface area contributed by atoms with E-state index in [9.17, 15) is 18.7 Å². The van der Waals surface area contributed by atoms with Crippen molar-refractivity contribution in [1.29, 1.82) is 0 Å². The molecule has 4 aromatic rings. The molecular formula is C39H46N2O8P2. The van der Waals surface area contributed by atoms with Gasteiger partial charge in [0.2, 0.25) is 17.3 Å². The van der Waals surface area contributed by atoms with Crippen molar-refractivity contribution >= 4 is 33.1 Å². The number of hydrogen-bond donors (Lipinski definition) is 2. The topological polar surface area (TPSA) is 129 Å². The van der Waals surface area contributed by atoms with E-state index in [1.165, 1.54) is 6.08 Å². The van der Waals surface area contributed by atoms with Gasteiger partial charge in [0.05, 0.1) is 26.4 Å². The van der Waals surface area contributed by atoms with E-state index in [1.807, 2.05) is 109 Å². The van der Waals surface area contributed by atoms with Crippen LogP contribution >= 0.6 is 15.2 Å². The molecule has 0 unspecified atom stereocenters. The molecule has 10 nitrogen and oxygen atoms in total. The van der Waals surface area contributed by atoms with Gasteiger partial charge in [-0.15, -0.1) is 0 Å². The molecule has 0 fully saturated rings. The Morgan fingerprint density at radius 2 is 1.00 bits per heavy atom. The molecule has 0 aliphatic rings. The van der Waals surface area contributed by atoms with E-state index >= 15 is 0 Å². The lowest BCUT2D eigenvalue weighted by Crippen LogP contribution is -2.50. The third-order valence-corrected chi connectivity index (χ3v) is 13.3.